The fourth-order valence-electron chi connectivity index (χ4n) is 2.85. The largest absolute Gasteiger partial charge is 0.489 e. The second-order valence-electron chi connectivity index (χ2n) is 5.96. The smallest absolute Gasteiger partial charge is 0.224 e. The van der Waals surface area contributed by atoms with Crippen LogP contribution < -0.4 is 15.4 Å². The molecular formula is C18H27ClN2O2. The summed E-state index contributed by atoms with van der Waals surface area (Å²) in [6, 6.07) is 7.47. The zero-order chi connectivity index (χ0) is 15.8. The molecule has 1 amide bonds. The molecule has 0 bridgehead atoms. The number of amides is 1. The Kier molecular flexibility index (Phi) is 8.74. The summed E-state index contributed by atoms with van der Waals surface area (Å²) >= 11 is 0. The Bertz CT molecular complexity index is 502. The lowest BCUT2D eigenvalue weighted by atomic mass is 9.85. The zero-order valence-corrected chi connectivity index (χ0v) is 14.5. The van der Waals surface area contributed by atoms with Gasteiger partial charge in [-0.3, -0.25) is 4.79 Å². The van der Waals surface area contributed by atoms with Gasteiger partial charge >= 0.3 is 0 Å². The van der Waals surface area contributed by atoms with Gasteiger partial charge in [-0.2, -0.15) is 0 Å². The second-order valence-corrected chi connectivity index (χ2v) is 5.96. The van der Waals surface area contributed by atoms with Crippen molar-refractivity contribution in [2.45, 2.75) is 26.2 Å². The van der Waals surface area contributed by atoms with Gasteiger partial charge in [-0.25, -0.2) is 0 Å². The predicted molar refractivity (Wildman–Crippen MR) is 97.4 cm³/mol. The molecule has 2 N–H and O–H groups in total. The van der Waals surface area contributed by atoms with Gasteiger partial charge in [0.1, 0.15) is 12.4 Å². The van der Waals surface area contributed by atoms with Crippen molar-refractivity contribution in [1.29, 1.82) is 0 Å². The van der Waals surface area contributed by atoms with E-state index in [4.69, 9.17) is 4.74 Å². The average Bonchev–Trinajstić information content (AvgIpc) is 2.54. The average molecular weight is 339 g/mol. The van der Waals surface area contributed by atoms with Crippen molar-refractivity contribution in [2.75, 3.05) is 25.0 Å². The Labute approximate surface area is 145 Å². The van der Waals surface area contributed by atoms with E-state index in [0.29, 0.717) is 24.9 Å². The standard InChI is InChI=1S/C18H26N2O2.ClH/c1-3-10-22-17-8-4-7-16(12-17)20-18(21)11-14(2)15-6-5-9-19-13-15;/h3-4,7-8,12,14-15,19H,1,5-6,9-11,13H2,2H3,(H,20,21);1H. The van der Waals surface area contributed by atoms with Crippen molar-refractivity contribution in [2.24, 2.45) is 11.8 Å². The van der Waals surface area contributed by atoms with E-state index in [1.807, 2.05) is 24.3 Å². The first-order chi connectivity index (χ1) is 10.7. The van der Waals surface area contributed by atoms with Gasteiger partial charge in [0.15, 0.2) is 0 Å². The van der Waals surface area contributed by atoms with Crippen molar-refractivity contribution >= 4 is 24.0 Å². The Morgan fingerprint density at radius 3 is 3.09 bits per heavy atom. The van der Waals surface area contributed by atoms with Crippen LogP contribution >= 0.6 is 12.4 Å². The minimum absolute atomic E-state index is 0. The molecule has 128 valence electrons. The molecule has 5 heteroatoms. The number of nitrogens with one attached hydrogen (secondary N) is 2. The van der Waals surface area contributed by atoms with Gasteiger partial charge in [-0.15, -0.1) is 12.4 Å². The van der Waals surface area contributed by atoms with Crippen molar-refractivity contribution < 1.29 is 9.53 Å². The number of carbonyl (C=O) groups is 1. The zero-order valence-electron chi connectivity index (χ0n) is 13.7. The third-order valence-electron chi connectivity index (χ3n) is 4.13. The quantitative estimate of drug-likeness (QED) is 0.746. The maximum absolute atomic E-state index is 12.2. The molecule has 1 fully saturated rings. The van der Waals surface area contributed by atoms with E-state index in [1.165, 1.54) is 12.8 Å². The summed E-state index contributed by atoms with van der Waals surface area (Å²) in [6.45, 7) is 8.38. The molecule has 4 nitrogen and oxygen atoms in total. The van der Waals surface area contributed by atoms with Crippen LogP contribution in [0.25, 0.3) is 0 Å². The highest BCUT2D eigenvalue weighted by Gasteiger charge is 2.22. The van der Waals surface area contributed by atoms with Crippen LogP contribution in [0.15, 0.2) is 36.9 Å². The normalized spacial score (nSPS) is 18.4. The van der Waals surface area contributed by atoms with Gasteiger partial charge in [0, 0.05) is 18.2 Å². The number of hydrogen-bond acceptors (Lipinski definition) is 3. The predicted octanol–water partition coefficient (Wildman–Crippen LogP) is 3.64. The maximum Gasteiger partial charge on any atom is 0.224 e. The van der Waals surface area contributed by atoms with E-state index in [1.54, 1.807) is 6.08 Å². The van der Waals surface area contributed by atoms with Gasteiger partial charge in [0.2, 0.25) is 5.91 Å². The van der Waals surface area contributed by atoms with Crippen molar-refractivity contribution in [3.05, 3.63) is 36.9 Å². The molecule has 2 rings (SSSR count). The van der Waals surface area contributed by atoms with Crippen molar-refractivity contribution in [3.63, 3.8) is 0 Å². The number of hydrogen-bond donors (Lipinski definition) is 2. The van der Waals surface area contributed by atoms with Crippen LogP contribution in [0.3, 0.4) is 0 Å². The van der Waals surface area contributed by atoms with Crippen LogP contribution in [0.5, 0.6) is 5.75 Å². The third-order valence-corrected chi connectivity index (χ3v) is 4.13. The highest BCUT2D eigenvalue weighted by atomic mass is 35.5. The van der Waals surface area contributed by atoms with Gasteiger partial charge in [-0.1, -0.05) is 25.6 Å². The lowest BCUT2D eigenvalue weighted by molar-refractivity contribution is -0.117. The molecule has 0 saturated carbocycles. The maximum atomic E-state index is 12.2. The third kappa shape index (κ3) is 6.63. The van der Waals surface area contributed by atoms with Crippen LogP contribution in [-0.4, -0.2) is 25.6 Å². The van der Waals surface area contributed by atoms with Crippen LogP contribution in [0, 0.1) is 11.8 Å². The number of anilines is 1. The highest BCUT2D eigenvalue weighted by molar-refractivity contribution is 5.91. The second kappa shape index (κ2) is 10.3. The Balaban J connectivity index is 0.00000264. The molecule has 1 aromatic carbocycles. The molecule has 1 aliphatic heterocycles. The summed E-state index contributed by atoms with van der Waals surface area (Å²) in [5, 5.41) is 6.37. The number of benzene rings is 1. The summed E-state index contributed by atoms with van der Waals surface area (Å²) in [4.78, 5) is 12.2. The van der Waals surface area contributed by atoms with Crippen molar-refractivity contribution in [1.82, 2.24) is 5.32 Å². The van der Waals surface area contributed by atoms with E-state index < -0.39 is 0 Å². The number of rotatable bonds is 7. The number of halogens is 1. The summed E-state index contributed by atoms with van der Waals surface area (Å²) < 4.78 is 5.48. The fourth-order valence-corrected chi connectivity index (χ4v) is 2.85. The fraction of sp³-hybridized carbons (Fsp3) is 0.500. The van der Waals surface area contributed by atoms with Gasteiger partial charge in [-0.05, 0) is 49.9 Å². The van der Waals surface area contributed by atoms with Crippen LogP contribution in [-0.2, 0) is 4.79 Å². The molecule has 2 atom stereocenters. The van der Waals surface area contributed by atoms with Gasteiger partial charge in [0.25, 0.3) is 0 Å². The first-order valence-corrected chi connectivity index (χ1v) is 8.03. The molecule has 1 aromatic rings. The molecule has 0 aliphatic carbocycles. The molecule has 1 saturated heterocycles. The molecular weight excluding hydrogens is 312 g/mol. The molecule has 0 radical (unpaired) electrons. The lowest BCUT2D eigenvalue weighted by Gasteiger charge is -2.28. The lowest BCUT2D eigenvalue weighted by Crippen LogP contribution is -2.34. The van der Waals surface area contributed by atoms with Crippen LogP contribution in [0.1, 0.15) is 26.2 Å². The molecule has 1 heterocycles. The van der Waals surface area contributed by atoms with Crippen LogP contribution in [0.4, 0.5) is 5.69 Å². The number of carbonyl (C=O) groups excluding carboxylic acids is 1. The SMILES string of the molecule is C=CCOc1cccc(NC(=O)CC(C)C2CCCNC2)c1.Cl. The number of ether oxygens (including phenoxy) is 1. The van der Waals surface area contributed by atoms with Gasteiger partial charge < -0.3 is 15.4 Å². The monoisotopic (exact) mass is 338 g/mol. The molecule has 0 aromatic heterocycles. The molecule has 1 aliphatic rings. The van der Waals surface area contributed by atoms with Crippen LogP contribution in [0.2, 0.25) is 0 Å². The highest BCUT2D eigenvalue weighted by Crippen LogP contribution is 2.23. The van der Waals surface area contributed by atoms with E-state index in [0.717, 1.165) is 24.5 Å². The molecule has 2 unspecified atom stereocenters. The molecule has 23 heavy (non-hydrogen) atoms. The van der Waals surface area contributed by atoms with Gasteiger partial charge in [0.05, 0.1) is 0 Å². The minimum atomic E-state index is 0. The Morgan fingerprint density at radius 1 is 1.57 bits per heavy atom. The van der Waals surface area contributed by atoms with E-state index in [9.17, 15) is 4.79 Å². The van der Waals surface area contributed by atoms with E-state index in [-0.39, 0.29) is 18.3 Å². The summed E-state index contributed by atoms with van der Waals surface area (Å²) in [5.41, 5.74) is 0.778. The first-order valence-electron chi connectivity index (χ1n) is 8.03. The molecule has 0 spiro atoms. The minimum Gasteiger partial charge on any atom is -0.489 e. The topological polar surface area (TPSA) is 50.4 Å². The summed E-state index contributed by atoms with van der Waals surface area (Å²) in [7, 11) is 0. The Morgan fingerprint density at radius 2 is 2.39 bits per heavy atom. The summed E-state index contributed by atoms with van der Waals surface area (Å²) in [6.07, 6.45) is 4.68. The summed E-state index contributed by atoms with van der Waals surface area (Å²) in [5.74, 6) is 1.80. The Hall–Kier alpha value is -1.52. The number of piperidine rings is 1. The van der Waals surface area contributed by atoms with E-state index in [2.05, 4.69) is 24.1 Å². The van der Waals surface area contributed by atoms with Crippen molar-refractivity contribution in [3.8, 4) is 5.75 Å². The van der Waals surface area contributed by atoms with E-state index >= 15 is 0 Å². The first kappa shape index (κ1) is 19.5.